The number of carbonyl (C=O) groups is 1. The van der Waals surface area contributed by atoms with Gasteiger partial charge in [-0.1, -0.05) is 23.7 Å². The number of carbonyl (C=O) groups excluding carboxylic acids is 1. The second-order valence-corrected chi connectivity index (χ2v) is 5.71. The van der Waals surface area contributed by atoms with Crippen molar-refractivity contribution in [3.63, 3.8) is 0 Å². The third kappa shape index (κ3) is 4.36. The molecule has 1 amide bonds. The Labute approximate surface area is 124 Å². The second-order valence-electron chi connectivity index (χ2n) is 5.31. The van der Waals surface area contributed by atoms with Crippen LogP contribution in [0.2, 0.25) is 5.02 Å². The lowest BCUT2D eigenvalue weighted by Crippen LogP contribution is -2.36. The Morgan fingerprint density at radius 2 is 2.30 bits per heavy atom. The molecule has 0 saturated heterocycles. The topological polar surface area (TPSA) is 49.3 Å². The van der Waals surface area contributed by atoms with Gasteiger partial charge in [0.25, 0.3) is 0 Å². The molecule has 20 heavy (non-hydrogen) atoms. The number of benzene rings is 1. The predicted molar refractivity (Wildman–Crippen MR) is 81.6 cm³/mol. The number of hydrogen-bond acceptors (Lipinski definition) is 2. The smallest absolute Gasteiger partial charge is 0.244 e. The summed E-state index contributed by atoms with van der Waals surface area (Å²) < 4.78 is 0. The highest BCUT2D eigenvalue weighted by Gasteiger charge is 2.31. The summed E-state index contributed by atoms with van der Waals surface area (Å²) >= 11 is 6.04. The van der Waals surface area contributed by atoms with Gasteiger partial charge in [0.1, 0.15) is 0 Å². The van der Waals surface area contributed by atoms with E-state index in [2.05, 4.69) is 5.32 Å². The van der Waals surface area contributed by atoms with Crippen LogP contribution in [-0.2, 0) is 4.79 Å². The van der Waals surface area contributed by atoms with Gasteiger partial charge < -0.3 is 10.4 Å². The first-order valence-corrected chi connectivity index (χ1v) is 7.33. The van der Waals surface area contributed by atoms with Crippen molar-refractivity contribution in [2.75, 3.05) is 6.61 Å². The first kappa shape index (κ1) is 15.1. The normalized spacial score (nSPS) is 16.4. The third-order valence-corrected chi connectivity index (χ3v) is 3.99. The van der Waals surface area contributed by atoms with E-state index in [0.717, 1.165) is 24.0 Å². The fourth-order valence-corrected chi connectivity index (χ4v) is 2.37. The number of aliphatic hydroxyl groups excluding tert-OH is 1. The Morgan fingerprint density at radius 3 is 2.90 bits per heavy atom. The Bertz CT molecular complexity index is 509. The molecule has 1 aromatic rings. The van der Waals surface area contributed by atoms with Crippen molar-refractivity contribution in [1.29, 1.82) is 0 Å². The highest BCUT2D eigenvalue weighted by molar-refractivity contribution is 6.31. The van der Waals surface area contributed by atoms with Crippen molar-refractivity contribution >= 4 is 23.6 Å². The van der Waals surface area contributed by atoms with Crippen molar-refractivity contribution in [3.8, 4) is 0 Å². The third-order valence-electron chi connectivity index (χ3n) is 3.58. The summed E-state index contributed by atoms with van der Waals surface area (Å²) in [6.45, 7) is 2.05. The molecule has 0 aliphatic heterocycles. The first-order valence-electron chi connectivity index (χ1n) is 6.95. The largest absolute Gasteiger partial charge is 0.396 e. The highest BCUT2D eigenvalue weighted by atomic mass is 35.5. The van der Waals surface area contributed by atoms with E-state index in [4.69, 9.17) is 16.7 Å². The molecule has 1 aromatic carbocycles. The van der Waals surface area contributed by atoms with E-state index in [9.17, 15) is 4.79 Å². The minimum Gasteiger partial charge on any atom is -0.396 e. The molecule has 4 heteroatoms. The zero-order valence-electron chi connectivity index (χ0n) is 11.6. The van der Waals surface area contributed by atoms with Gasteiger partial charge in [-0.2, -0.15) is 0 Å². The summed E-state index contributed by atoms with van der Waals surface area (Å²) in [6.07, 6.45) is 6.18. The fraction of sp³-hybridized carbons (Fsp3) is 0.438. The second kappa shape index (κ2) is 6.91. The molecule has 0 bridgehead atoms. The average Bonchev–Trinajstić information content (AvgIpc) is 3.24. The number of rotatable bonds is 6. The number of nitrogens with one attached hydrogen (secondary N) is 1. The van der Waals surface area contributed by atoms with Crippen LogP contribution in [0.4, 0.5) is 0 Å². The highest BCUT2D eigenvalue weighted by Crippen LogP contribution is 2.33. The van der Waals surface area contributed by atoms with Crippen LogP contribution in [0.5, 0.6) is 0 Å². The minimum atomic E-state index is -0.118. The predicted octanol–water partition coefficient (Wildman–Crippen LogP) is 2.94. The number of amides is 1. The molecule has 2 rings (SSSR count). The molecular weight excluding hydrogens is 274 g/mol. The molecule has 1 aliphatic rings. The molecule has 0 aromatic heterocycles. The van der Waals surface area contributed by atoms with E-state index in [-0.39, 0.29) is 18.6 Å². The average molecular weight is 294 g/mol. The van der Waals surface area contributed by atoms with Crippen LogP contribution in [0.15, 0.2) is 24.3 Å². The maximum Gasteiger partial charge on any atom is 0.244 e. The SMILES string of the molecule is Cc1ccc(/C=C/C(=O)NC(CCO)C2CC2)cc1Cl. The molecule has 0 heterocycles. The van der Waals surface area contributed by atoms with Crippen LogP contribution in [0.25, 0.3) is 6.08 Å². The van der Waals surface area contributed by atoms with Crippen LogP contribution >= 0.6 is 11.6 Å². The van der Waals surface area contributed by atoms with Gasteiger partial charge in [0.15, 0.2) is 0 Å². The molecule has 1 fully saturated rings. The van der Waals surface area contributed by atoms with Gasteiger partial charge >= 0.3 is 0 Å². The van der Waals surface area contributed by atoms with Gasteiger partial charge in [0.05, 0.1) is 0 Å². The van der Waals surface area contributed by atoms with Crippen molar-refractivity contribution in [1.82, 2.24) is 5.32 Å². The number of hydrogen-bond donors (Lipinski definition) is 2. The van der Waals surface area contributed by atoms with Crippen molar-refractivity contribution in [2.24, 2.45) is 5.92 Å². The van der Waals surface area contributed by atoms with E-state index in [1.807, 2.05) is 25.1 Å². The lowest BCUT2D eigenvalue weighted by molar-refractivity contribution is -0.117. The van der Waals surface area contributed by atoms with Crippen LogP contribution in [0.1, 0.15) is 30.4 Å². The van der Waals surface area contributed by atoms with E-state index < -0.39 is 0 Å². The van der Waals surface area contributed by atoms with Gasteiger partial charge in [0.2, 0.25) is 5.91 Å². The van der Waals surface area contributed by atoms with Gasteiger partial charge in [-0.3, -0.25) is 4.79 Å². The quantitative estimate of drug-likeness (QED) is 0.792. The van der Waals surface area contributed by atoms with Crippen molar-refractivity contribution in [2.45, 2.75) is 32.2 Å². The molecule has 3 nitrogen and oxygen atoms in total. The standard InChI is InChI=1S/C16H20ClNO2/c1-11-2-3-12(10-14(11)17)4-7-16(20)18-15(8-9-19)13-5-6-13/h2-4,7,10,13,15,19H,5-6,8-9H2,1H3,(H,18,20)/b7-4+. The summed E-state index contributed by atoms with van der Waals surface area (Å²) in [6, 6.07) is 5.79. The zero-order chi connectivity index (χ0) is 14.5. The summed E-state index contributed by atoms with van der Waals surface area (Å²) in [5.74, 6) is 0.417. The lowest BCUT2D eigenvalue weighted by Gasteiger charge is -2.15. The van der Waals surface area contributed by atoms with Crippen LogP contribution in [-0.4, -0.2) is 23.7 Å². The monoisotopic (exact) mass is 293 g/mol. The summed E-state index contributed by atoms with van der Waals surface area (Å²) in [5.41, 5.74) is 1.92. The van der Waals surface area contributed by atoms with E-state index in [1.165, 1.54) is 6.08 Å². The summed E-state index contributed by atoms with van der Waals surface area (Å²) in [7, 11) is 0. The fourth-order valence-electron chi connectivity index (χ4n) is 2.18. The molecule has 1 atom stereocenters. The molecule has 1 unspecified atom stereocenters. The Morgan fingerprint density at radius 1 is 1.55 bits per heavy atom. The van der Waals surface area contributed by atoms with E-state index in [1.54, 1.807) is 6.08 Å². The molecule has 2 N–H and O–H groups in total. The van der Waals surface area contributed by atoms with E-state index >= 15 is 0 Å². The van der Waals surface area contributed by atoms with Crippen molar-refractivity contribution in [3.05, 3.63) is 40.4 Å². The number of halogens is 1. The number of aliphatic hydroxyl groups is 1. The summed E-state index contributed by atoms with van der Waals surface area (Å²) in [4.78, 5) is 11.9. The molecule has 1 aliphatic carbocycles. The maximum atomic E-state index is 11.9. The van der Waals surface area contributed by atoms with Gasteiger partial charge in [-0.05, 0) is 55.4 Å². The minimum absolute atomic E-state index is 0.0961. The van der Waals surface area contributed by atoms with Crippen LogP contribution < -0.4 is 5.32 Å². The number of aryl methyl sites for hydroxylation is 1. The lowest BCUT2D eigenvalue weighted by atomic mass is 10.1. The van der Waals surface area contributed by atoms with Gasteiger partial charge in [0, 0.05) is 23.7 Å². The Kier molecular flexibility index (Phi) is 5.21. The Balaban J connectivity index is 1.92. The van der Waals surface area contributed by atoms with Crippen LogP contribution in [0.3, 0.4) is 0 Å². The first-order chi connectivity index (χ1) is 9.60. The van der Waals surface area contributed by atoms with Crippen molar-refractivity contribution < 1.29 is 9.90 Å². The maximum absolute atomic E-state index is 11.9. The summed E-state index contributed by atoms with van der Waals surface area (Å²) in [5, 5.41) is 12.7. The van der Waals surface area contributed by atoms with E-state index in [0.29, 0.717) is 17.4 Å². The van der Waals surface area contributed by atoms with Gasteiger partial charge in [-0.15, -0.1) is 0 Å². The van der Waals surface area contributed by atoms with Gasteiger partial charge in [-0.25, -0.2) is 0 Å². The zero-order valence-corrected chi connectivity index (χ0v) is 12.4. The Hall–Kier alpha value is -1.32. The van der Waals surface area contributed by atoms with Crippen LogP contribution in [0, 0.1) is 12.8 Å². The molecule has 1 saturated carbocycles. The molecular formula is C16H20ClNO2. The molecule has 108 valence electrons. The molecule has 0 spiro atoms. The molecule has 0 radical (unpaired) electrons.